The van der Waals surface area contributed by atoms with Crippen molar-refractivity contribution in [3.05, 3.63) is 29.3 Å². The van der Waals surface area contributed by atoms with Gasteiger partial charge in [-0.1, -0.05) is 20.8 Å². The Kier molecular flexibility index (Phi) is 3.21. The summed E-state index contributed by atoms with van der Waals surface area (Å²) in [5.41, 5.74) is 0.843. The second-order valence-corrected chi connectivity index (χ2v) is 6.27. The number of nitrogens with two attached hydrogens (primary N) is 1. The molecule has 1 rings (SSSR count). The van der Waals surface area contributed by atoms with E-state index in [1.165, 1.54) is 12.1 Å². The Bertz CT molecular complexity index is 513. The maximum Gasteiger partial charge on any atom is 0.238 e. The largest absolute Gasteiger partial charge is 0.298 e. The number of aldehydes is 1. The normalized spacial score (nSPS) is 12.5. The molecule has 0 amide bonds. The van der Waals surface area contributed by atoms with E-state index in [1.54, 1.807) is 6.07 Å². The predicted molar refractivity (Wildman–Crippen MR) is 61.9 cm³/mol. The van der Waals surface area contributed by atoms with E-state index in [9.17, 15) is 13.2 Å². The van der Waals surface area contributed by atoms with Crippen molar-refractivity contribution in [1.82, 2.24) is 0 Å². The molecule has 16 heavy (non-hydrogen) atoms. The van der Waals surface area contributed by atoms with Gasteiger partial charge in [-0.3, -0.25) is 4.79 Å². The summed E-state index contributed by atoms with van der Waals surface area (Å²) < 4.78 is 22.5. The zero-order chi connectivity index (χ0) is 12.6. The molecule has 0 bridgehead atoms. The van der Waals surface area contributed by atoms with E-state index >= 15 is 0 Å². The van der Waals surface area contributed by atoms with Crippen molar-refractivity contribution in [2.45, 2.75) is 31.1 Å². The molecular weight excluding hydrogens is 226 g/mol. The first-order valence-corrected chi connectivity index (χ1v) is 6.33. The summed E-state index contributed by atoms with van der Waals surface area (Å²) in [6.45, 7) is 5.80. The monoisotopic (exact) mass is 241 g/mol. The highest BCUT2D eigenvalue weighted by atomic mass is 32.2. The van der Waals surface area contributed by atoms with E-state index < -0.39 is 10.0 Å². The van der Waals surface area contributed by atoms with Crippen molar-refractivity contribution in [2.24, 2.45) is 5.14 Å². The molecule has 0 saturated heterocycles. The van der Waals surface area contributed by atoms with Gasteiger partial charge in [-0.15, -0.1) is 0 Å². The van der Waals surface area contributed by atoms with E-state index in [-0.39, 0.29) is 10.3 Å². The van der Waals surface area contributed by atoms with Crippen molar-refractivity contribution in [1.29, 1.82) is 0 Å². The lowest BCUT2D eigenvalue weighted by molar-refractivity contribution is 0.112. The average Bonchev–Trinajstić information content (AvgIpc) is 2.14. The Hall–Kier alpha value is -1.20. The van der Waals surface area contributed by atoms with Crippen LogP contribution in [-0.4, -0.2) is 14.7 Å². The van der Waals surface area contributed by atoms with Gasteiger partial charge < -0.3 is 0 Å². The molecule has 0 atom stereocenters. The van der Waals surface area contributed by atoms with Gasteiger partial charge in [-0.25, -0.2) is 13.6 Å². The highest BCUT2D eigenvalue weighted by Crippen LogP contribution is 2.25. The van der Waals surface area contributed by atoms with E-state index in [2.05, 4.69) is 0 Å². The molecule has 0 heterocycles. The minimum atomic E-state index is -3.78. The predicted octanol–water partition coefficient (Wildman–Crippen LogP) is 1.44. The van der Waals surface area contributed by atoms with E-state index in [1.807, 2.05) is 20.8 Å². The number of carbonyl (C=O) groups is 1. The molecule has 2 N–H and O–H groups in total. The molecule has 0 aliphatic rings. The van der Waals surface area contributed by atoms with Gasteiger partial charge in [0.05, 0.1) is 4.90 Å². The van der Waals surface area contributed by atoms with Crippen LogP contribution < -0.4 is 5.14 Å². The molecule has 0 radical (unpaired) electrons. The minimum Gasteiger partial charge on any atom is -0.298 e. The summed E-state index contributed by atoms with van der Waals surface area (Å²) in [4.78, 5) is 10.7. The van der Waals surface area contributed by atoms with Crippen molar-refractivity contribution in [2.75, 3.05) is 0 Å². The molecule has 0 aromatic heterocycles. The fourth-order valence-corrected chi connectivity index (χ4v) is 1.88. The van der Waals surface area contributed by atoms with Crippen LogP contribution >= 0.6 is 0 Å². The molecular formula is C11H15NO3S. The number of primary sulfonamides is 1. The van der Waals surface area contributed by atoms with E-state index in [4.69, 9.17) is 5.14 Å². The minimum absolute atomic E-state index is 0.0259. The Morgan fingerprint density at radius 3 is 2.12 bits per heavy atom. The molecule has 88 valence electrons. The van der Waals surface area contributed by atoms with Crippen LogP contribution in [0.2, 0.25) is 0 Å². The van der Waals surface area contributed by atoms with Crippen LogP contribution in [0, 0.1) is 0 Å². The number of sulfonamides is 1. The van der Waals surface area contributed by atoms with Gasteiger partial charge in [0.1, 0.15) is 6.29 Å². The summed E-state index contributed by atoms with van der Waals surface area (Å²) in [5, 5.41) is 5.05. The van der Waals surface area contributed by atoms with Crippen molar-refractivity contribution in [3.63, 3.8) is 0 Å². The lowest BCUT2D eigenvalue weighted by Crippen LogP contribution is -2.16. The first-order valence-electron chi connectivity index (χ1n) is 4.78. The Balaban J connectivity index is 3.51. The summed E-state index contributed by atoms with van der Waals surface area (Å²) >= 11 is 0. The maximum absolute atomic E-state index is 11.2. The second-order valence-electron chi connectivity index (χ2n) is 4.70. The summed E-state index contributed by atoms with van der Waals surface area (Å²) in [6.07, 6.45) is 0.615. The SMILES string of the molecule is CC(C)(C)c1cc(C=O)cc(S(N)(=O)=O)c1. The van der Waals surface area contributed by atoms with Gasteiger partial charge in [0.25, 0.3) is 0 Å². The highest BCUT2D eigenvalue weighted by molar-refractivity contribution is 7.89. The van der Waals surface area contributed by atoms with Gasteiger partial charge >= 0.3 is 0 Å². The standard InChI is InChI=1S/C11H15NO3S/c1-11(2,3)9-4-8(7-13)5-10(6-9)16(12,14)15/h4-7H,1-3H3,(H2,12,14,15). The lowest BCUT2D eigenvalue weighted by atomic mass is 9.86. The van der Waals surface area contributed by atoms with Crippen LogP contribution in [0.3, 0.4) is 0 Å². The quantitative estimate of drug-likeness (QED) is 0.796. The molecule has 0 aliphatic heterocycles. The molecule has 0 saturated carbocycles. The van der Waals surface area contributed by atoms with Crippen LogP contribution in [0.5, 0.6) is 0 Å². The van der Waals surface area contributed by atoms with E-state index in [0.29, 0.717) is 11.8 Å². The van der Waals surface area contributed by atoms with Crippen molar-refractivity contribution in [3.8, 4) is 0 Å². The van der Waals surface area contributed by atoms with Crippen molar-refractivity contribution >= 4 is 16.3 Å². The van der Waals surface area contributed by atoms with E-state index in [0.717, 1.165) is 5.56 Å². The van der Waals surface area contributed by atoms with Crippen LogP contribution in [0.15, 0.2) is 23.1 Å². The molecule has 5 heteroatoms. The molecule has 4 nitrogen and oxygen atoms in total. The molecule has 0 spiro atoms. The Labute approximate surface area is 95.5 Å². The number of carbonyl (C=O) groups excluding carboxylic acids is 1. The summed E-state index contributed by atoms with van der Waals surface area (Å²) in [5.74, 6) is 0. The summed E-state index contributed by atoms with van der Waals surface area (Å²) in [7, 11) is -3.78. The maximum atomic E-state index is 11.2. The molecule has 1 aromatic carbocycles. The van der Waals surface area contributed by atoms with Crippen LogP contribution in [-0.2, 0) is 15.4 Å². The highest BCUT2D eigenvalue weighted by Gasteiger charge is 2.18. The first-order chi connectivity index (χ1) is 7.14. The third kappa shape index (κ3) is 2.90. The smallest absolute Gasteiger partial charge is 0.238 e. The molecule has 0 fully saturated rings. The lowest BCUT2D eigenvalue weighted by Gasteiger charge is -2.20. The van der Waals surface area contributed by atoms with Crippen LogP contribution in [0.4, 0.5) is 0 Å². The number of rotatable bonds is 2. The second kappa shape index (κ2) is 3.99. The molecule has 0 unspecified atom stereocenters. The van der Waals surface area contributed by atoms with Gasteiger partial charge in [-0.2, -0.15) is 0 Å². The topological polar surface area (TPSA) is 77.2 Å². The van der Waals surface area contributed by atoms with Crippen LogP contribution in [0.25, 0.3) is 0 Å². The zero-order valence-corrected chi connectivity index (χ0v) is 10.3. The Morgan fingerprint density at radius 2 is 1.75 bits per heavy atom. The number of hydrogen-bond donors (Lipinski definition) is 1. The molecule has 0 aliphatic carbocycles. The fraction of sp³-hybridized carbons (Fsp3) is 0.364. The third-order valence-electron chi connectivity index (χ3n) is 2.26. The van der Waals surface area contributed by atoms with Gasteiger partial charge in [0.15, 0.2) is 0 Å². The first kappa shape index (κ1) is 12.9. The summed E-state index contributed by atoms with van der Waals surface area (Å²) in [6, 6.07) is 4.45. The third-order valence-corrected chi connectivity index (χ3v) is 3.15. The fourth-order valence-electron chi connectivity index (χ4n) is 1.29. The molecule has 1 aromatic rings. The number of hydrogen-bond acceptors (Lipinski definition) is 3. The Morgan fingerprint density at radius 1 is 1.19 bits per heavy atom. The zero-order valence-electron chi connectivity index (χ0n) is 9.52. The average molecular weight is 241 g/mol. The van der Waals surface area contributed by atoms with Gasteiger partial charge in [-0.05, 0) is 29.2 Å². The van der Waals surface area contributed by atoms with Gasteiger partial charge in [0.2, 0.25) is 10.0 Å². The number of benzene rings is 1. The van der Waals surface area contributed by atoms with Gasteiger partial charge in [0, 0.05) is 5.56 Å². The van der Waals surface area contributed by atoms with Crippen LogP contribution in [0.1, 0.15) is 36.7 Å². The van der Waals surface area contributed by atoms with Crippen molar-refractivity contribution < 1.29 is 13.2 Å².